The van der Waals surface area contributed by atoms with Crippen molar-refractivity contribution < 1.29 is 17.9 Å². The van der Waals surface area contributed by atoms with E-state index in [-0.39, 0.29) is 11.8 Å². The van der Waals surface area contributed by atoms with Gasteiger partial charge < -0.3 is 31.3 Å². The summed E-state index contributed by atoms with van der Waals surface area (Å²) in [6, 6.07) is 7.58. The molecule has 1 saturated heterocycles. The minimum Gasteiger partial charge on any atom is -0.406 e. The fourth-order valence-electron chi connectivity index (χ4n) is 6.68. The standard InChI is InChI=1S/C29H41F3N8O/c30-29(31,32)41-24-11-5-19(6-12-24)17-39-15-13-22(14-16-39)35-26-25-27(40(18-34-25)23-3-1-2-4-23)38-28(37-26)36-21-9-7-20(33)8-10-21/h5-6,11-12,20-23,34H,1-4,7-10,13-18,33H2,(H2,35,36,37,38). The van der Waals surface area contributed by atoms with Crippen LogP contribution in [0.3, 0.4) is 0 Å². The second-order valence-electron chi connectivity index (χ2n) is 12.0. The zero-order chi connectivity index (χ0) is 28.4. The maximum atomic E-state index is 12.5. The van der Waals surface area contributed by atoms with Gasteiger partial charge in [-0.15, -0.1) is 13.2 Å². The Kier molecular flexibility index (Phi) is 8.30. The summed E-state index contributed by atoms with van der Waals surface area (Å²) in [6.45, 7) is 3.23. The molecule has 5 N–H and O–H groups in total. The van der Waals surface area contributed by atoms with E-state index in [9.17, 15) is 13.2 Å². The van der Waals surface area contributed by atoms with E-state index in [0.29, 0.717) is 30.6 Å². The van der Waals surface area contributed by atoms with Crippen molar-refractivity contribution in [3.8, 4) is 5.75 Å². The highest BCUT2D eigenvalue weighted by Gasteiger charge is 2.34. The number of piperidine rings is 1. The third kappa shape index (κ3) is 7.09. The molecular formula is C29H41F3N8O. The van der Waals surface area contributed by atoms with Gasteiger partial charge in [-0.1, -0.05) is 25.0 Å². The minimum atomic E-state index is -4.68. The first kappa shape index (κ1) is 28.1. The summed E-state index contributed by atoms with van der Waals surface area (Å²) in [5.41, 5.74) is 8.09. The lowest BCUT2D eigenvalue weighted by Crippen LogP contribution is -2.39. The molecule has 1 aromatic carbocycles. The Morgan fingerprint density at radius 3 is 2.27 bits per heavy atom. The molecule has 6 rings (SSSR count). The largest absolute Gasteiger partial charge is 0.573 e. The van der Waals surface area contributed by atoms with Gasteiger partial charge in [-0.2, -0.15) is 9.97 Å². The summed E-state index contributed by atoms with van der Waals surface area (Å²) >= 11 is 0. The molecule has 1 aromatic heterocycles. The number of nitrogens with two attached hydrogens (primary N) is 1. The number of ether oxygens (including phenoxy) is 1. The maximum Gasteiger partial charge on any atom is 0.573 e. The highest BCUT2D eigenvalue weighted by atomic mass is 19.4. The molecule has 2 aromatic rings. The van der Waals surface area contributed by atoms with Crippen molar-refractivity contribution in [3.05, 3.63) is 29.8 Å². The van der Waals surface area contributed by atoms with Gasteiger partial charge in [-0.3, -0.25) is 4.90 Å². The van der Waals surface area contributed by atoms with Crippen LogP contribution in [-0.4, -0.2) is 65.2 Å². The molecule has 2 aliphatic heterocycles. The van der Waals surface area contributed by atoms with Crippen molar-refractivity contribution in [2.45, 2.75) is 101 Å². The number of hydrogen-bond donors (Lipinski definition) is 4. The number of nitrogens with zero attached hydrogens (tertiary/aromatic N) is 4. The third-order valence-electron chi connectivity index (χ3n) is 8.95. The second kappa shape index (κ2) is 12.1. The van der Waals surface area contributed by atoms with Crippen LogP contribution in [0.1, 0.15) is 69.8 Å². The molecule has 9 nitrogen and oxygen atoms in total. The van der Waals surface area contributed by atoms with Crippen molar-refractivity contribution >= 4 is 23.3 Å². The van der Waals surface area contributed by atoms with E-state index in [0.717, 1.165) is 81.2 Å². The zero-order valence-corrected chi connectivity index (χ0v) is 23.4. The summed E-state index contributed by atoms with van der Waals surface area (Å²) < 4.78 is 41.3. The van der Waals surface area contributed by atoms with Crippen LogP contribution >= 0.6 is 0 Å². The molecule has 0 amide bonds. The highest BCUT2D eigenvalue weighted by Crippen LogP contribution is 2.41. The number of fused-ring (bicyclic) bond motifs is 1. The molecule has 0 spiro atoms. The molecule has 3 heterocycles. The number of hydrogen-bond acceptors (Lipinski definition) is 9. The highest BCUT2D eigenvalue weighted by molar-refractivity contribution is 5.83. The number of rotatable bonds is 8. The van der Waals surface area contributed by atoms with Crippen LogP contribution in [0.5, 0.6) is 5.75 Å². The fraction of sp³-hybridized carbons (Fsp3) is 0.655. The van der Waals surface area contributed by atoms with Gasteiger partial charge in [0, 0.05) is 43.8 Å². The summed E-state index contributed by atoms with van der Waals surface area (Å²) in [5, 5.41) is 10.9. The van der Waals surface area contributed by atoms with Crippen LogP contribution in [-0.2, 0) is 6.54 Å². The Bertz CT molecular complexity index is 1160. The molecule has 0 radical (unpaired) electrons. The smallest absolute Gasteiger partial charge is 0.406 e. The quantitative estimate of drug-likeness (QED) is 0.336. The normalized spacial score (nSPS) is 24.2. The van der Waals surface area contributed by atoms with Gasteiger partial charge in [0.1, 0.15) is 11.4 Å². The lowest BCUT2D eigenvalue weighted by Gasteiger charge is -2.33. The van der Waals surface area contributed by atoms with E-state index < -0.39 is 6.36 Å². The van der Waals surface area contributed by atoms with Gasteiger partial charge in [0.05, 0.1) is 6.67 Å². The van der Waals surface area contributed by atoms with Crippen LogP contribution in [0.15, 0.2) is 24.3 Å². The summed E-state index contributed by atoms with van der Waals surface area (Å²) in [7, 11) is 0. The number of likely N-dealkylation sites (tertiary alicyclic amines) is 1. The lowest BCUT2D eigenvalue weighted by molar-refractivity contribution is -0.274. The molecule has 0 bridgehead atoms. The molecule has 2 aliphatic carbocycles. The summed E-state index contributed by atoms with van der Waals surface area (Å²) in [4.78, 5) is 14.8. The van der Waals surface area contributed by atoms with Crippen LogP contribution in [0, 0.1) is 0 Å². The molecule has 41 heavy (non-hydrogen) atoms. The van der Waals surface area contributed by atoms with E-state index in [1.807, 2.05) is 0 Å². The monoisotopic (exact) mass is 574 g/mol. The van der Waals surface area contributed by atoms with Gasteiger partial charge in [0.2, 0.25) is 5.95 Å². The Labute approximate surface area is 239 Å². The zero-order valence-electron chi connectivity index (χ0n) is 23.4. The van der Waals surface area contributed by atoms with Gasteiger partial charge in [-0.05, 0) is 69.1 Å². The maximum absolute atomic E-state index is 12.5. The van der Waals surface area contributed by atoms with Crippen LogP contribution < -0.4 is 31.3 Å². The van der Waals surface area contributed by atoms with E-state index in [1.165, 1.54) is 37.8 Å². The van der Waals surface area contributed by atoms with Gasteiger partial charge in [-0.25, -0.2) is 0 Å². The fourth-order valence-corrected chi connectivity index (χ4v) is 6.68. The predicted molar refractivity (Wildman–Crippen MR) is 154 cm³/mol. The molecule has 12 heteroatoms. The summed E-state index contributed by atoms with van der Waals surface area (Å²) in [6.07, 6.45) is 6.27. The topological polar surface area (TPSA) is 104 Å². The molecule has 224 valence electrons. The molecule has 0 atom stereocenters. The molecular weight excluding hydrogens is 533 g/mol. The van der Waals surface area contributed by atoms with Crippen LogP contribution in [0.2, 0.25) is 0 Å². The Morgan fingerprint density at radius 2 is 1.59 bits per heavy atom. The molecule has 2 saturated carbocycles. The Balaban J connectivity index is 1.10. The Hall–Kier alpha value is -2.99. The van der Waals surface area contributed by atoms with Crippen molar-refractivity contribution in [2.75, 3.05) is 40.6 Å². The van der Waals surface area contributed by atoms with E-state index >= 15 is 0 Å². The number of anilines is 4. The van der Waals surface area contributed by atoms with Gasteiger partial charge in [0.15, 0.2) is 11.6 Å². The number of nitrogens with one attached hydrogen (secondary N) is 3. The van der Waals surface area contributed by atoms with E-state index in [2.05, 4.69) is 30.5 Å². The van der Waals surface area contributed by atoms with E-state index in [1.54, 1.807) is 12.1 Å². The molecule has 0 unspecified atom stereocenters. The first-order valence-electron chi connectivity index (χ1n) is 15.1. The number of alkyl halides is 3. The predicted octanol–water partition coefficient (Wildman–Crippen LogP) is 5.27. The third-order valence-corrected chi connectivity index (χ3v) is 8.95. The van der Waals surface area contributed by atoms with Crippen molar-refractivity contribution in [1.29, 1.82) is 0 Å². The lowest BCUT2D eigenvalue weighted by atomic mass is 9.92. The first-order valence-corrected chi connectivity index (χ1v) is 15.1. The van der Waals surface area contributed by atoms with Crippen LogP contribution in [0.4, 0.5) is 36.4 Å². The van der Waals surface area contributed by atoms with Crippen molar-refractivity contribution in [3.63, 3.8) is 0 Å². The van der Waals surface area contributed by atoms with Crippen molar-refractivity contribution in [2.24, 2.45) is 5.73 Å². The average molecular weight is 575 g/mol. The minimum absolute atomic E-state index is 0.192. The van der Waals surface area contributed by atoms with Crippen LogP contribution in [0.25, 0.3) is 0 Å². The number of benzene rings is 1. The molecule has 3 fully saturated rings. The van der Waals surface area contributed by atoms with Crippen molar-refractivity contribution in [1.82, 2.24) is 14.9 Å². The Morgan fingerprint density at radius 1 is 0.902 bits per heavy atom. The second-order valence-corrected chi connectivity index (χ2v) is 12.0. The SMILES string of the molecule is NC1CCC(Nc2nc(NC3CCN(Cc4ccc(OC(F)(F)F)cc4)CC3)c3c(n2)N(C2CCCC2)CN3)CC1. The average Bonchev–Trinajstić information content (AvgIpc) is 3.62. The summed E-state index contributed by atoms with van der Waals surface area (Å²) in [5.74, 6) is 2.36. The van der Waals surface area contributed by atoms with E-state index in [4.69, 9.17) is 15.7 Å². The number of aromatic nitrogens is 2. The number of halogens is 3. The van der Waals surface area contributed by atoms with Gasteiger partial charge >= 0.3 is 6.36 Å². The molecule has 4 aliphatic rings. The first-order chi connectivity index (χ1) is 19.8. The van der Waals surface area contributed by atoms with Gasteiger partial charge in [0.25, 0.3) is 0 Å².